The molecular weight excluding hydrogens is 195 g/mol. The van der Waals surface area contributed by atoms with Crippen LogP contribution in [0.1, 0.15) is 12.5 Å². The third-order valence-electron chi connectivity index (χ3n) is 2.41. The van der Waals surface area contributed by atoms with Gasteiger partial charge in [-0.05, 0) is 24.6 Å². The normalized spacial score (nSPS) is 24.8. The summed E-state index contributed by atoms with van der Waals surface area (Å²) >= 11 is 0. The Hall–Kier alpha value is -1.58. The van der Waals surface area contributed by atoms with Crippen LogP contribution in [0, 0.1) is 5.82 Å². The zero-order valence-electron chi connectivity index (χ0n) is 8.53. The van der Waals surface area contributed by atoms with Crippen molar-refractivity contribution < 1.29 is 9.13 Å². The number of rotatable bonds is 2. The minimum atomic E-state index is -0.387. The van der Waals surface area contributed by atoms with Crippen molar-refractivity contribution in [1.29, 1.82) is 0 Å². The number of halogens is 1. The third kappa shape index (κ3) is 2.26. The minimum absolute atomic E-state index is 0.230. The number of ether oxygens (including phenoxy) is 1. The van der Waals surface area contributed by atoms with Crippen LogP contribution in [-0.4, -0.2) is 18.2 Å². The fourth-order valence-electron chi connectivity index (χ4n) is 1.69. The predicted octanol–water partition coefficient (Wildman–Crippen LogP) is 1.47. The van der Waals surface area contributed by atoms with Gasteiger partial charge in [0.25, 0.3) is 6.02 Å². The maximum atomic E-state index is 12.7. The number of amidine groups is 1. The Morgan fingerprint density at radius 2 is 2.13 bits per heavy atom. The van der Waals surface area contributed by atoms with E-state index >= 15 is 0 Å². The molecule has 0 bridgehead atoms. The minimum Gasteiger partial charge on any atom is -0.457 e. The molecule has 2 rings (SSSR count). The zero-order chi connectivity index (χ0) is 10.9. The second-order valence-corrected chi connectivity index (χ2v) is 4.01. The van der Waals surface area contributed by atoms with E-state index in [1.165, 1.54) is 12.1 Å². The quantitative estimate of drug-likeness (QED) is 0.800. The second-order valence-electron chi connectivity index (χ2n) is 4.01. The summed E-state index contributed by atoms with van der Waals surface area (Å²) in [5, 5.41) is 0. The average molecular weight is 208 g/mol. The molecule has 1 atom stereocenters. The van der Waals surface area contributed by atoms with Crippen molar-refractivity contribution in [2.24, 2.45) is 10.7 Å². The molecule has 1 heterocycles. The summed E-state index contributed by atoms with van der Waals surface area (Å²) in [6, 6.07) is 6.62. The first kappa shape index (κ1) is 9.96. The first-order valence-electron chi connectivity index (χ1n) is 4.81. The van der Waals surface area contributed by atoms with Crippen LogP contribution >= 0.6 is 0 Å². The van der Waals surface area contributed by atoms with Crippen LogP contribution in [0.5, 0.6) is 0 Å². The van der Waals surface area contributed by atoms with Crippen molar-refractivity contribution in [2.75, 3.05) is 6.54 Å². The number of hydrogen-bond acceptors (Lipinski definition) is 3. The maximum Gasteiger partial charge on any atom is 0.282 e. The number of hydrogen-bond donors (Lipinski definition) is 1. The molecule has 0 amide bonds. The molecule has 80 valence electrons. The molecule has 1 aliphatic heterocycles. The predicted molar refractivity (Wildman–Crippen MR) is 56.1 cm³/mol. The Bertz CT molecular complexity index is 388. The molecule has 0 aliphatic carbocycles. The molecule has 0 aromatic heterocycles. The molecule has 1 aromatic carbocycles. The number of benzene rings is 1. The van der Waals surface area contributed by atoms with E-state index in [2.05, 4.69) is 4.99 Å². The van der Waals surface area contributed by atoms with E-state index in [-0.39, 0.29) is 17.4 Å². The van der Waals surface area contributed by atoms with Crippen molar-refractivity contribution in [3.8, 4) is 0 Å². The van der Waals surface area contributed by atoms with Gasteiger partial charge in [-0.3, -0.25) is 0 Å². The standard InChI is InChI=1S/C11H13FN2O/c1-11(7-14-10(13)15-11)6-8-2-4-9(12)5-3-8/h2-5H,6-7H2,1H3,(H2,13,14). The largest absolute Gasteiger partial charge is 0.457 e. The van der Waals surface area contributed by atoms with Crippen LogP contribution in [0.15, 0.2) is 29.3 Å². The first-order chi connectivity index (χ1) is 7.07. The molecule has 1 unspecified atom stereocenters. The van der Waals surface area contributed by atoms with Gasteiger partial charge in [0.1, 0.15) is 11.4 Å². The molecule has 0 saturated carbocycles. The molecule has 1 aromatic rings. The molecule has 0 fully saturated rings. The lowest BCUT2D eigenvalue weighted by atomic mass is 9.97. The van der Waals surface area contributed by atoms with E-state index in [4.69, 9.17) is 10.5 Å². The van der Waals surface area contributed by atoms with Gasteiger partial charge in [-0.1, -0.05) is 12.1 Å². The van der Waals surface area contributed by atoms with Gasteiger partial charge in [0.15, 0.2) is 0 Å². The van der Waals surface area contributed by atoms with E-state index in [0.717, 1.165) is 5.56 Å². The summed E-state index contributed by atoms with van der Waals surface area (Å²) in [7, 11) is 0. The van der Waals surface area contributed by atoms with Crippen LogP contribution < -0.4 is 5.73 Å². The number of nitrogens with zero attached hydrogens (tertiary/aromatic N) is 1. The van der Waals surface area contributed by atoms with Crippen LogP contribution in [0.4, 0.5) is 4.39 Å². The van der Waals surface area contributed by atoms with Gasteiger partial charge in [0, 0.05) is 6.42 Å². The fraction of sp³-hybridized carbons (Fsp3) is 0.364. The van der Waals surface area contributed by atoms with E-state index in [0.29, 0.717) is 13.0 Å². The molecule has 3 nitrogen and oxygen atoms in total. The summed E-state index contributed by atoms with van der Waals surface area (Å²) in [4.78, 5) is 4.00. The van der Waals surface area contributed by atoms with Gasteiger partial charge in [-0.15, -0.1) is 0 Å². The van der Waals surface area contributed by atoms with Crippen molar-refractivity contribution >= 4 is 6.02 Å². The van der Waals surface area contributed by atoms with E-state index in [1.807, 2.05) is 6.92 Å². The van der Waals surface area contributed by atoms with Gasteiger partial charge >= 0.3 is 0 Å². The monoisotopic (exact) mass is 208 g/mol. The lowest BCUT2D eigenvalue weighted by Crippen LogP contribution is -2.33. The Balaban J connectivity index is 2.06. The van der Waals surface area contributed by atoms with E-state index in [1.54, 1.807) is 12.1 Å². The summed E-state index contributed by atoms with van der Waals surface area (Å²) < 4.78 is 18.1. The molecule has 15 heavy (non-hydrogen) atoms. The highest BCUT2D eigenvalue weighted by Gasteiger charge is 2.32. The Labute approximate surface area is 87.8 Å². The smallest absolute Gasteiger partial charge is 0.282 e. The van der Waals surface area contributed by atoms with Gasteiger partial charge in [0.05, 0.1) is 6.54 Å². The lowest BCUT2D eigenvalue weighted by molar-refractivity contribution is 0.107. The van der Waals surface area contributed by atoms with Crippen molar-refractivity contribution in [3.05, 3.63) is 35.6 Å². The molecule has 1 aliphatic rings. The summed E-state index contributed by atoms with van der Waals surface area (Å²) in [5.41, 5.74) is 6.09. The summed E-state index contributed by atoms with van der Waals surface area (Å²) in [6.45, 7) is 2.50. The number of aliphatic imine (C=N–C) groups is 1. The highest BCUT2D eigenvalue weighted by atomic mass is 19.1. The van der Waals surface area contributed by atoms with Crippen LogP contribution in [0.25, 0.3) is 0 Å². The Morgan fingerprint density at radius 3 is 2.67 bits per heavy atom. The van der Waals surface area contributed by atoms with Gasteiger partial charge < -0.3 is 10.5 Å². The molecular formula is C11H13FN2O. The lowest BCUT2D eigenvalue weighted by Gasteiger charge is -2.22. The van der Waals surface area contributed by atoms with Gasteiger partial charge in [-0.2, -0.15) is 0 Å². The highest BCUT2D eigenvalue weighted by molar-refractivity contribution is 5.73. The zero-order valence-corrected chi connectivity index (χ0v) is 8.53. The fourth-order valence-corrected chi connectivity index (χ4v) is 1.69. The summed E-state index contributed by atoms with van der Waals surface area (Å²) in [6.07, 6.45) is 0.678. The molecule has 2 N–H and O–H groups in total. The van der Waals surface area contributed by atoms with Gasteiger partial charge in [0.2, 0.25) is 0 Å². The number of nitrogens with two attached hydrogens (primary N) is 1. The van der Waals surface area contributed by atoms with Gasteiger partial charge in [-0.25, -0.2) is 9.38 Å². The highest BCUT2D eigenvalue weighted by Crippen LogP contribution is 2.22. The van der Waals surface area contributed by atoms with Crippen LogP contribution in [0.3, 0.4) is 0 Å². The van der Waals surface area contributed by atoms with E-state index < -0.39 is 0 Å². The second kappa shape index (κ2) is 3.53. The maximum absolute atomic E-state index is 12.7. The Morgan fingerprint density at radius 1 is 1.47 bits per heavy atom. The first-order valence-corrected chi connectivity index (χ1v) is 4.81. The molecule has 0 saturated heterocycles. The average Bonchev–Trinajstić information content (AvgIpc) is 2.50. The molecule has 4 heteroatoms. The third-order valence-corrected chi connectivity index (χ3v) is 2.41. The van der Waals surface area contributed by atoms with Crippen molar-refractivity contribution in [3.63, 3.8) is 0 Å². The Kier molecular flexibility index (Phi) is 2.34. The SMILES string of the molecule is CC1(Cc2ccc(F)cc2)CN=C(N)O1. The van der Waals surface area contributed by atoms with E-state index in [9.17, 15) is 4.39 Å². The van der Waals surface area contributed by atoms with Crippen LogP contribution in [-0.2, 0) is 11.2 Å². The van der Waals surface area contributed by atoms with Crippen molar-refractivity contribution in [2.45, 2.75) is 18.9 Å². The van der Waals surface area contributed by atoms with Crippen LogP contribution in [0.2, 0.25) is 0 Å². The molecule has 0 radical (unpaired) electrons. The topological polar surface area (TPSA) is 47.6 Å². The molecule has 0 spiro atoms. The van der Waals surface area contributed by atoms with Crippen molar-refractivity contribution in [1.82, 2.24) is 0 Å². The summed E-state index contributed by atoms with van der Waals surface area (Å²) in [5.74, 6) is -0.230.